The number of halogens is 1. The molecule has 0 atom stereocenters. The van der Waals surface area contributed by atoms with Crippen LogP contribution in [0.4, 0.5) is 0 Å². The van der Waals surface area contributed by atoms with Gasteiger partial charge in [0.1, 0.15) is 0 Å². The van der Waals surface area contributed by atoms with E-state index in [1.54, 1.807) is 6.20 Å². The molecule has 0 aliphatic rings. The Balaban J connectivity index is 2.95. The summed E-state index contributed by atoms with van der Waals surface area (Å²) in [6, 6.07) is 1.82. The van der Waals surface area contributed by atoms with Gasteiger partial charge in [-0.25, -0.2) is 0 Å². The van der Waals surface area contributed by atoms with Gasteiger partial charge in [-0.05, 0) is 35.8 Å². The predicted molar refractivity (Wildman–Crippen MR) is 54.7 cm³/mol. The molecule has 1 heterocycles. The van der Waals surface area contributed by atoms with Crippen molar-refractivity contribution >= 4 is 21.8 Å². The zero-order valence-corrected chi connectivity index (χ0v) is 9.18. The first kappa shape index (κ1) is 10.2. The summed E-state index contributed by atoms with van der Waals surface area (Å²) < 4.78 is 0.783. The van der Waals surface area contributed by atoms with Crippen molar-refractivity contribution in [2.75, 3.05) is 6.54 Å². The van der Waals surface area contributed by atoms with E-state index in [4.69, 9.17) is 0 Å². The van der Waals surface area contributed by atoms with Gasteiger partial charge in [-0.15, -0.1) is 0 Å². The Morgan fingerprint density at radius 1 is 1.69 bits per heavy atom. The highest BCUT2D eigenvalue weighted by Crippen LogP contribution is 2.16. The predicted octanol–water partition coefficient (Wildman–Crippen LogP) is 1.90. The molecule has 4 heteroatoms. The number of nitrogens with zero attached hydrogens (tertiary/aromatic N) is 1. The fourth-order valence-corrected chi connectivity index (χ4v) is 1.56. The Labute approximate surface area is 85.7 Å². The summed E-state index contributed by atoms with van der Waals surface area (Å²) in [5.41, 5.74) is 1.47. The van der Waals surface area contributed by atoms with Crippen LogP contribution in [0.5, 0.6) is 0 Å². The van der Waals surface area contributed by atoms with E-state index in [1.165, 1.54) is 0 Å². The van der Waals surface area contributed by atoms with Crippen LogP contribution in [-0.4, -0.2) is 17.4 Å². The molecule has 0 aromatic carbocycles. The van der Waals surface area contributed by atoms with Gasteiger partial charge in [0.25, 0.3) is 5.91 Å². The number of aromatic nitrogens is 1. The third-order valence-corrected chi connectivity index (χ3v) is 2.23. The van der Waals surface area contributed by atoms with Gasteiger partial charge >= 0.3 is 0 Å². The molecular formula is C9H11BrN2O. The van der Waals surface area contributed by atoms with Crippen molar-refractivity contribution in [1.29, 1.82) is 0 Å². The molecule has 13 heavy (non-hydrogen) atoms. The molecule has 0 bridgehead atoms. The first-order valence-electron chi connectivity index (χ1n) is 4.05. The molecule has 0 radical (unpaired) electrons. The van der Waals surface area contributed by atoms with Gasteiger partial charge in [-0.3, -0.25) is 9.78 Å². The summed E-state index contributed by atoms with van der Waals surface area (Å²) in [4.78, 5) is 15.4. The van der Waals surface area contributed by atoms with Crippen LogP contribution in [0.15, 0.2) is 16.7 Å². The molecule has 0 fully saturated rings. The number of pyridine rings is 1. The minimum atomic E-state index is -0.0955. The molecule has 1 aromatic rings. The Kier molecular flexibility index (Phi) is 3.42. The normalized spacial score (nSPS) is 9.77. The van der Waals surface area contributed by atoms with E-state index in [9.17, 15) is 4.79 Å². The maximum atomic E-state index is 11.4. The molecule has 70 valence electrons. The Morgan fingerprint density at radius 3 is 2.92 bits per heavy atom. The van der Waals surface area contributed by atoms with E-state index in [-0.39, 0.29) is 5.91 Å². The second-order valence-corrected chi connectivity index (χ2v) is 3.52. The lowest BCUT2D eigenvalue weighted by Crippen LogP contribution is -2.23. The highest BCUT2D eigenvalue weighted by atomic mass is 79.9. The van der Waals surface area contributed by atoms with Crippen molar-refractivity contribution in [2.45, 2.75) is 13.8 Å². The van der Waals surface area contributed by atoms with E-state index in [0.717, 1.165) is 10.2 Å². The summed E-state index contributed by atoms with van der Waals surface area (Å²) in [5.74, 6) is -0.0955. The average Bonchev–Trinajstić information content (AvgIpc) is 2.04. The summed E-state index contributed by atoms with van der Waals surface area (Å²) in [6.45, 7) is 4.39. The molecule has 0 spiro atoms. The largest absolute Gasteiger partial charge is 0.352 e. The number of carbonyl (C=O) groups excluding carboxylic acids is 1. The lowest BCUT2D eigenvalue weighted by molar-refractivity contribution is 0.0954. The fourth-order valence-electron chi connectivity index (χ4n) is 0.949. The number of aryl methyl sites for hydroxylation is 1. The smallest absolute Gasteiger partial charge is 0.253 e. The highest BCUT2D eigenvalue weighted by Gasteiger charge is 2.08. The average molecular weight is 243 g/mol. The summed E-state index contributed by atoms with van der Waals surface area (Å²) in [5, 5.41) is 2.71. The lowest BCUT2D eigenvalue weighted by atomic mass is 10.2. The molecular weight excluding hydrogens is 232 g/mol. The van der Waals surface area contributed by atoms with Crippen LogP contribution < -0.4 is 5.32 Å². The number of amides is 1. The second kappa shape index (κ2) is 4.37. The Morgan fingerprint density at radius 2 is 2.38 bits per heavy atom. The second-order valence-electron chi connectivity index (χ2n) is 2.66. The number of hydrogen-bond donors (Lipinski definition) is 1. The third kappa shape index (κ3) is 2.52. The Hall–Kier alpha value is -0.900. The summed E-state index contributed by atoms with van der Waals surface area (Å²) >= 11 is 3.32. The number of hydrogen-bond acceptors (Lipinski definition) is 2. The number of nitrogens with one attached hydrogen (secondary N) is 1. The molecule has 0 saturated heterocycles. The lowest BCUT2D eigenvalue weighted by Gasteiger charge is -2.04. The zero-order valence-electron chi connectivity index (χ0n) is 7.60. The monoisotopic (exact) mass is 242 g/mol. The molecule has 1 amide bonds. The molecule has 0 saturated carbocycles. The Bertz CT molecular complexity index is 325. The van der Waals surface area contributed by atoms with Gasteiger partial charge in [0.2, 0.25) is 0 Å². The first-order chi connectivity index (χ1) is 6.15. The highest BCUT2D eigenvalue weighted by molar-refractivity contribution is 9.10. The van der Waals surface area contributed by atoms with Crippen LogP contribution in [0, 0.1) is 6.92 Å². The van der Waals surface area contributed by atoms with E-state index in [0.29, 0.717) is 12.1 Å². The van der Waals surface area contributed by atoms with Crippen LogP contribution in [0.2, 0.25) is 0 Å². The van der Waals surface area contributed by atoms with Gasteiger partial charge in [-0.1, -0.05) is 0 Å². The van der Waals surface area contributed by atoms with Crippen LogP contribution in [0.25, 0.3) is 0 Å². The number of carbonyl (C=O) groups is 1. The van der Waals surface area contributed by atoms with E-state index < -0.39 is 0 Å². The van der Waals surface area contributed by atoms with Crippen molar-refractivity contribution in [3.63, 3.8) is 0 Å². The minimum Gasteiger partial charge on any atom is -0.352 e. The van der Waals surface area contributed by atoms with Gasteiger partial charge in [0, 0.05) is 22.9 Å². The standard InChI is InChI=1S/C9H11BrN2O/c1-3-11-9(13)7-5-12-6(2)4-8(7)10/h4-5H,3H2,1-2H3,(H,11,13). The van der Waals surface area contributed by atoms with Crippen molar-refractivity contribution in [3.05, 3.63) is 28.0 Å². The van der Waals surface area contributed by atoms with Gasteiger partial charge in [-0.2, -0.15) is 0 Å². The summed E-state index contributed by atoms with van der Waals surface area (Å²) in [6.07, 6.45) is 1.57. The first-order valence-corrected chi connectivity index (χ1v) is 4.84. The minimum absolute atomic E-state index is 0.0955. The van der Waals surface area contributed by atoms with E-state index in [2.05, 4.69) is 26.2 Å². The van der Waals surface area contributed by atoms with Crippen molar-refractivity contribution in [2.24, 2.45) is 0 Å². The van der Waals surface area contributed by atoms with E-state index >= 15 is 0 Å². The van der Waals surface area contributed by atoms with Crippen molar-refractivity contribution in [3.8, 4) is 0 Å². The molecule has 0 aliphatic heterocycles. The topological polar surface area (TPSA) is 42.0 Å². The number of rotatable bonds is 2. The molecule has 1 aromatic heterocycles. The van der Waals surface area contributed by atoms with Crippen LogP contribution in [0.3, 0.4) is 0 Å². The van der Waals surface area contributed by atoms with E-state index in [1.807, 2.05) is 19.9 Å². The molecule has 1 N–H and O–H groups in total. The molecule has 1 rings (SSSR count). The molecule has 0 unspecified atom stereocenters. The SMILES string of the molecule is CCNC(=O)c1cnc(C)cc1Br. The van der Waals surface area contributed by atoms with Crippen LogP contribution in [-0.2, 0) is 0 Å². The maximum absolute atomic E-state index is 11.4. The molecule has 0 aliphatic carbocycles. The maximum Gasteiger partial charge on any atom is 0.253 e. The van der Waals surface area contributed by atoms with Crippen molar-refractivity contribution in [1.82, 2.24) is 10.3 Å². The molecule has 3 nitrogen and oxygen atoms in total. The summed E-state index contributed by atoms with van der Waals surface area (Å²) in [7, 11) is 0. The van der Waals surface area contributed by atoms with Gasteiger partial charge in [0.05, 0.1) is 5.56 Å². The van der Waals surface area contributed by atoms with Gasteiger partial charge in [0.15, 0.2) is 0 Å². The zero-order chi connectivity index (χ0) is 9.84. The van der Waals surface area contributed by atoms with Crippen LogP contribution in [0.1, 0.15) is 23.0 Å². The quantitative estimate of drug-likeness (QED) is 0.861. The van der Waals surface area contributed by atoms with Crippen molar-refractivity contribution < 1.29 is 4.79 Å². The third-order valence-electron chi connectivity index (χ3n) is 1.57. The van der Waals surface area contributed by atoms with Gasteiger partial charge < -0.3 is 5.32 Å². The fraction of sp³-hybridized carbons (Fsp3) is 0.333. The van der Waals surface area contributed by atoms with Crippen LogP contribution >= 0.6 is 15.9 Å².